The molecule has 1 unspecified atom stereocenters. The molecule has 2 aromatic rings. The maximum absolute atomic E-state index is 12.4. The van der Waals surface area contributed by atoms with Gasteiger partial charge in [-0.05, 0) is 105 Å². The van der Waals surface area contributed by atoms with Crippen LogP contribution in [0.15, 0.2) is 48.5 Å². The molecule has 45 heavy (non-hydrogen) atoms. The molecule has 11 heteroatoms. The lowest BCUT2D eigenvalue weighted by Gasteiger charge is -2.37. The van der Waals surface area contributed by atoms with E-state index in [1.54, 1.807) is 30.8 Å². The average molecular weight is 698 g/mol. The van der Waals surface area contributed by atoms with Crippen molar-refractivity contribution in [3.63, 3.8) is 0 Å². The van der Waals surface area contributed by atoms with Gasteiger partial charge in [0.05, 0.1) is 5.75 Å². The molecule has 0 aliphatic carbocycles. The van der Waals surface area contributed by atoms with Crippen LogP contribution in [0, 0.1) is 11.8 Å². The summed E-state index contributed by atoms with van der Waals surface area (Å²) in [4.78, 5) is 31.3. The first-order valence-corrected chi connectivity index (χ1v) is 18.9. The highest BCUT2D eigenvalue weighted by Gasteiger charge is 2.31. The Kier molecular flexibility index (Phi) is 15.7. The van der Waals surface area contributed by atoms with Gasteiger partial charge in [-0.2, -0.15) is 11.8 Å². The lowest BCUT2D eigenvalue weighted by Crippen LogP contribution is -2.40. The van der Waals surface area contributed by atoms with Crippen LogP contribution in [0.25, 0.3) is 0 Å². The highest BCUT2D eigenvalue weighted by Crippen LogP contribution is 2.36. The fraction of sp³-hybridized carbons (Fsp3) is 0.588. The first-order valence-electron chi connectivity index (χ1n) is 15.5. The van der Waals surface area contributed by atoms with Crippen LogP contribution >= 0.6 is 35.0 Å². The third kappa shape index (κ3) is 12.5. The molecular weight excluding hydrogens is 647 g/mol. The van der Waals surface area contributed by atoms with E-state index in [-0.39, 0.29) is 17.6 Å². The normalized spacial score (nSPS) is 23.0. The zero-order valence-electron chi connectivity index (χ0n) is 27.6. The number of likely N-dealkylation sites (tertiary alicyclic amines) is 2. The molecule has 0 N–H and O–H groups in total. The van der Waals surface area contributed by atoms with Gasteiger partial charge in [0.1, 0.15) is 5.75 Å². The Balaban J connectivity index is 0.000000246. The van der Waals surface area contributed by atoms with Gasteiger partial charge >= 0.3 is 0 Å². The SMILES string of the molecule is CN1CC[C@H](c2ccc(Cl)cc2)[C@@H](CS(=O)CC(=O)N(C)C)C1.CN1CC[C@H](c2ccc(Cl)cc2)[C@@H](CSCC(=O)N(C)C)C1. The van der Waals surface area contributed by atoms with Crippen molar-refractivity contribution >= 4 is 57.6 Å². The van der Waals surface area contributed by atoms with Crippen LogP contribution in [-0.4, -0.2) is 127 Å². The number of hydrogen-bond acceptors (Lipinski definition) is 6. The molecule has 2 aliphatic heterocycles. The van der Waals surface area contributed by atoms with Crippen molar-refractivity contribution in [2.45, 2.75) is 24.7 Å². The minimum atomic E-state index is -1.13. The van der Waals surface area contributed by atoms with E-state index in [0.29, 0.717) is 35.2 Å². The maximum Gasteiger partial charge on any atom is 0.234 e. The number of halogens is 2. The van der Waals surface area contributed by atoms with E-state index in [1.165, 1.54) is 22.4 Å². The summed E-state index contributed by atoms with van der Waals surface area (Å²) >= 11 is 13.7. The van der Waals surface area contributed by atoms with Gasteiger partial charge in [-0.15, -0.1) is 0 Å². The zero-order chi connectivity index (χ0) is 33.1. The number of carbonyl (C=O) groups excluding carboxylic acids is 2. The van der Waals surface area contributed by atoms with Crippen LogP contribution in [0.5, 0.6) is 0 Å². The molecule has 2 fully saturated rings. The fourth-order valence-electron chi connectivity index (χ4n) is 6.05. The number of benzene rings is 2. The maximum atomic E-state index is 12.4. The third-order valence-electron chi connectivity index (χ3n) is 8.71. The predicted octanol–water partition coefficient (Wildman–Crippen LogP) is 5.41. The predicted molar refractivity (Wildman–Crippen MR) is 192 cm³/mol. The summed E-state index contributed by atoms with van der Waals surface area (Å²) < 4.78 is 12.4. The number of piperidine rings is 2. The summed E-state index contributed by atoms with van der Waals surface area (Å²) in [5, 5.41) is 1.53. The van der Waals surface area contributed by atoms with E-state index in [9.17, 15) is 13.8 Å². The molecule has 0 bridgehead atoms. The molecular formula is C34H50Cl2N4O3S2. The molecule has 2 amide bonds. The summed E-state index contributed by atoms with van der Waals surface area (Å²) in [6, 6.07) is 16.2. The van der Waals surface area contributed by atoms with Crippen LogP contribution in [0.3, 0.4) is 0 Å². The highest BCUT2D eigenvalue weighted by molar-refractivity contribution is 7.99. The van der Waals surface area contributed by atoms with Crippen LogP contribution in [0.1, 0.15) is 35.8 Å². The Morgan fingerprint density at radius 2 is 1.22 bits per heavy atom. The Hall–Kier alpha value is -1.62. The third-order valence-corrected chi connectivity index (χ3v) is 11.7. The fourth-order valence-corrected chi connectivity index (χ4v) is 8.96. The molecule has 2 saturated heterocycles. The van der Waals surface area contributed by atoms with Crippen molar-refractivity contribution in [2.24, 2.45) is 11.8 Å². The van der Waals surface area contributed by atoms with E-state index in [2.05, 4.69) is 48.2 Å². The summed E-state index contributed by atoms with van der Waals surface area (Å²) in [7, 11) is 10.2. The molecule has 2 heterocycles. The van der Waals surface area contributed by atoms with Crippen molar-refractivity contribution in [1.29, 1.82) is 0 Å². The van der Waals surface area contributed by atoms with Gasteiger partial charge in [0.2, 0.25) is 11.8 Å². The van der Waals surface area contributed by atoms with Gasteiger partial charge in [0.25, 0.3) is 0 Å². The molecule has 0 spiro atoms. The van der Waals surface area contributed by atoms with Crippen molar-refractivity contribution in [3.8, 4) is 0 Å². The van der Waals surface area contributed by atoms with E-state index >= 15 is 0 Å². The monoisotopic (exact) mass is 696 g/mol. The largest absolute Gasteiger partial charge is 0.348 e. The van der Waals surface area contributed by atoms with E-state index < -0.39 is 10.8 Å². The summed E-state index contributed by atoms with van der Waals surface area (Å²) in [6.07, 6.45) is 2.21. The smallest absolute Gasteiger partial charge is 0.234 e. The van der Waals surface area contributed by atoms with Crippen molar-refractivity contribution < 1.29 is 13.8 Å². The standard InChI is InChI=1S/C17H25ClN2O2S.C17H25ClN2OS/c1-19(2)17(21)12-23(22)11-14-10-20(3)9-8-16(14)13-4-6-15(18)7-5-13;1-19(2)17(21)12-22-11-14-10-20(3)9-8-16(14)13-4-6-15(18)7-5-13/h4-7,14,16H,8-12H2,1-3H3;4-7,14,16H,8-12H2,1-3H3/t14-,16-,23?;14-,16-/m11/s1. The van der Waals surface area contributed by atoms with Gasteiger partial charge < -0.3 is 19.6 Å². The number of amides is 2. The van der Waals surface area contributed by atoms with E-state index in [0.717, 1.165) is 48.4 Å². The summed E-state index contributed by atoms with van der Waals surface area (Å²) in [5.74, 6) is 4.21. The number of rotatable bonds is 10. The Morgan fingerprint density at radius 1 is 0.778 bits per heavy atom. The first-order chi connectivity index (χ1) is 21.3. The molecule has 2 aromatic carbocycles. The van der Waals surface area contributed by atoms with Gasteiger partial charge in [-0.1, -0.05) is 47.5 Å². The Labute approximate surface area is 287 Å². The molecule has 2 aliphatic rings. The lowest BCUT2D eigenvalue weighted by atomic mass is 9.81. The Morgan fingerprint density at radius 3 is 1.69 bits per heavy atom. The molecule has 7 nitrogen and oxygen atoms in total. The zero-order valence-corrected chi connectivity index (χ0v) is 30.7. The van der Waals surface area contributed by atoms with Crippen molar-refractivity contribution in [1.82, 2.24) is 19.6 Å². The summed E-state index contributed by atoms with van der Waals surface area (Å²) in [6.45, 7) is 4.17. The number of hydrogen-bond donors (Lipinski definition) is 0. The van der Waals surface area contributed by atoms with Gasteiger partial charge in [0, 0.05) is 67.9 Å². The molecule has 0 radical (unpaired) electrons. The quantitative estimate of drug-likeness (QED) is 0.331. The van der Waals surface area contributed by atoms with Crippen LogP contribution in [-0.2, 0) is 20.4 Å². The average Bonchev–Trinajstić information content (AvgIpc) is 2.98. The van der Waals surface area contributed by atoms with Crippen LogP contribution < -0.4 is 0 Å². The number of carbonyl (C=O) groups is 2. The molecule has 250 valence electrons. The van der Waals surface area contributed by atoms with E-state index in [1.807, 2.05) is 38.4 Å². The molecule has 5 atom stereocenters. The highest BCUT2D eigenvalue weighted by atomic mass is 35.5. The molecule has 0 aromatic heterocycles. The number of nitrogens with zero attached hydrogens (tertiary/aromatic N) is 4. The van der Waals surface area contributed by atoms with Crippen molar-refractivity contribution in [3.05, 3.63) is 69.7 Å². The first kappa shape index (κ1) is 37.8. The van der Waals surface area contributed by atoms with Crippen LogP contribution in [0.4, 0.5) is 0 Å². The lowest BCUT2D eigenvalue weighted by molar-refractivity contribution is -0.126. The summed E-state index contributed by atoms with van der Waals surface area (Å²) in [5.41, 5.74) is 2.63. The van der Waals surface area contributed by atoms with Gasteiger partial charge in [-0.3, -0.25) is 13.8 Å². The van der Waals surface area contributed by atoms with E-state index in [4.69, 9.17) is 23.2 Å². The number of thioether (sulfide) groups is 1. The molecule has 4 rings (SSSR count). The second kappa shape index (κ2) is 18.6. The Bertz CT molecular complexity index is 1250. The van der Waals surface area contributed by atoms with Gasteiger partial charge in [-0.25, -0.2) is 0 Å². The second-order valence-electron chi connectivity index (χ2n) is 12.8. The van der Waals surface area contributed by atoms with Gasteiger partial charge in [0.15, 0.2) is 0 Å². The topological polar surface area (TPSA) is 64.2 Å². The molecule has 0 saturated carbocycles. The van der Waals surface area contributed by atoms with Crippen molar-refractivity contribution in [2.75, 3.05) is 91.5 Å². The van der Waals surface area contributed by atoms with Crippen LogP contribution in [0.2, 0.25) is 10.0 Å². The minimum Gasteiger partial charge on any atom is -0.348 e. The second-order valence-corrected chi connectivity index (χ2v) is 16.2. The minimum absolute atomic E-state index is 0.0736.